The van der Waals surface area contributed by atoms with E-state index in [9.17, 15) is 5.11 Å². The van der Waals surface area contributed by atoms with Gasteiger partial charge in [-0.1, -0.05) is 13.8 Å². The van der Waals surface area contributed by atoms with Gasteiger partial charge in [0, 0.05) is 17.5 Å². The quantitative estimate of drug-likeness (QED) is 0.804. The van der Waals surface area contributed by atoms with E-state index in [0.717, 1.165) is 23.7 Å². The fourth-order valence-corrected chi connectivity index (χ4v) is 2.52. The van der Waals surface area contributed by atoms with Crippen molar-refractivity contribution in [1.82, 2.24) is 10.3 Å². The lowest BCUT2D eigenvalue weighted by molar-refractivity contribution is 0.223. The zero-order valence-corrected chi connectivity index (χ0v) is 11.4. The van der Waals surface area contributed by atoms with E-state index < -0.39 is 0 Å². The minimum absolute atomic E-state index is 0.185. The zero-order chi connectivity index (χ0) is 12.1. The summed E-state index contributed by atoms with van der Waals surface area (Å²) in [7, 11) is 0. The summed E-state index contributed by atoms with van der Waals surface area (Å²) < 4.78 is 0. The van der Waals surface area contributed by atoms with Gasteiger partial charge in [-0.3, -0.25) is 0 Å². The second kappa shape index (κ2) is 6.33. The standard InChI is InChI=1S/C12H22N2OS/c1-8(2)5-11(7-15)13-6-12-14-9(3)10(4)16-12/h8,11,13,15H,5-7H2,1-4H3. The van der Waals surface area contributed by atoms with Gasteiger partial charge in [-0.05, 0) is 26.2 Å². The lowest BCUT2D eigenvalue weighted by Crippen LogP contribution is -2.33. The molecule has 0 bridgehead atoms. The van der Waals surface area contributed by atoms with E-state index in [2.05, 4.69) is 31.1 Å². The summed E-state index contributed by atoms with van der Waals surface area (Å²) in [5, 5.41) is 13.7. The Labute approximate surface area is 102 Å². The number of aryl methyl sites for hydroxylation is 2. The van der Waals surface area contributed by atoms with Crippen molar-refractivity contribution < 1.29 is 5.11 Å². The summed E-state index contributed by atoms with van der Waals surface area (Å²) in [6, 6.07) is 0.185. The van der Waals surface area contributed by atoms with Crippen LogP contribution in [-0.2, 0) is 6.54 Å². The van der Waals surface area contributed by atoms with Gasteiger partial charge in [-0.2, -0.15) is 0 Å². The van der Waals surface area contributed by atoms with Crippen LogP contribution in [0.2, 0.25) is 0 Å². The van der Waals surface area contributed by atoms with Crippen LogP contribution in [0.5, 0.6) is 0 Å². The van der Waals surface area contributed by atoms with Crippen LogP contribution in [-0.4, -0.2) is 22.7 Å². The third kappa shape index (κ3) is 4.20. The molecule has 16 heavy (non-hydrogen) atoms. The minimum Gasteiger partial charge on any atom is -0.395 e. The predicted octanol–water partition coefficient (Wildman–Crippen LogP) is 2.26. The lowest BCUT2D eigenvalue weighted by Gasteiger charge is -2.17. The van der Waals surface area contributed by atoms with Crippen molar-refractivity contribution in [2.24, 2.45) is 5.92 Å². The first-order chi connectivity index (χ1) is 7.52. The van der Waals surface area contributed by atoms with Crippen LogP contribution < -0.4 is 5.32 Å². The maximum absolute atomic E-state index is 9.23. The molecule has 3 nitrogen and oxygen atoms in total. The Bertz CT molecular complexity index is 303. The Morgan fingerprint density at radius 1 is 1.38 bits per heavy atom. The molecule has 0 fully saturated rings. The van der Waals surface area contributed by atoms with Crippen LogP contribution in [0, 0.1) is 19.8 Å². The fraction of sp³-hybridized carbons (Fsp3) is 0.750. The van der Waals surface area contributed by atoms with Crippen LogP contribution in [0.1, 0.15) is 35.8 Å². The highest BCUT2D eigenvalue weighted by atomic mass is 32.1. The average Bonchev–Trinajstić information content (AvgIpc) is 2.53. The molecule has 0 saturated heterocycles. The van der Waals surface area contributed by atoms with Crippen LogP contribution in [0.15, 0.2) is 0 Å². The van der Waals surface area contributed by atoms with E-state index in [1.165, 1.54) is 4.88 Å². The van der Waals surface area contributed by atoms with Crippen molar-refractivity contribution in [3.05, 3.63) is 15.6 Å². The second-order valence-corrected chi connectivity index (χ2v) is 5.93. The number of nitrogens with zero attached hydrogens (tertiary/aromatic N) is 1. The van der Waals surface area contributed by atoms with Crippen molar-refractivity contribution in [3.63, 3.8) is 0 Å². The summed E-state index contributed by atoms with van der Waals surface area (Å²) in [5.74, 6) is 0.601. The molecule has 0 aliphatic heterocycles. The molecule has 0 spiro atoms. The molecular formula is C12H22N2OS. The average molecular weight is 242 g/mol. The Kier molecular flexibility index (Phi) is 5.38. The van der Waals surface area contributed by atoms with Gasteiger partial charge in [-0.15, -0.1) is 11.3 Å². The Hall–Kier alpha value is -0.450. The van der Waals surface area contributed by atoms with Crippen LogP contribution in [0.3, 0.4) is 0 Å². The van der Waals surface area contributed by atoms with Gasteiger partial charge in [0.25, 0.3) is 0 Å². The first kappa shape index (κ1) is 13.6. The Morgan fingerprint density at radius 3 is 2.50 bits per heavy atom. The van der Waals surface area contributed by atoms with Crippen molar-refractivity contribution in [2.75, 3.05) is 6.61 Å². The van der Waals surface area contributed by atoms with Gasteiger partial charge < -0.3 is 10.4 Å². The van der Waals surface area contributed by atoms with E-state index in [-0.39, 0.29) is 12.6 Å². The molecule has 1 unspecified atom stereocenters. The summed E-state index contributed by atoms with van der Waals surface area (Å²) in [6.07, 6.45) is 1.000. The molecule has 0 radical (unpaired) electrons. The number of nitrogens with one attached hydrogen (secondary N) is 1. The highest BCUT2D eigenvalue weighted by molar-refractivity contribution is 7.11. The maximum atomic E-state index is 9.23. The summed E-state index contributed by atoms with van der Waals surface area (Å²) in [5.41, 5.74) is 1.12. The van der Waals surface area contributed by atoms with Gasteiger partial charge in [0.1, 0.15) is 5.01 Å². The molecule has 0 aliphatic carbocycles. The monoisotopic (exact) mass is 242 g/mol. The second-order valence-electron chi connectivity index (χ2n) is 4.64. The molecule has 1 heterocycles. The molecule has 4 heteroatoms. The Morgan fingerprint density at radius 2 is 2.06 bits per heavy atom. The number of aromatic nitrogens is 1. The molecule has 2 N–H and O–H groups in total. The molecule has 1 aromatic rings. The zero-order valence-electron chi connectivity index (χ0n) is 10.6. The van der Waals surface area contributed by atoms with E-state index in [1.807, 2.05) is 6.92 Å². The molecule has 92 valence electrons. The number of rotatable bonds is 6. The molecular weight excluding hydrogens is 220 g/mol. The molecule has 1 rings (SSSR count). The molecule has 1 aromatic heterocycles. The first-order valence-electron chi connectivity index (χ1n) is 5.80. The third-order valence-corrected chi connectivity index (χ3v) is 3.66. The summed E-state index contributed by atoms with van der Waals surface area (Å²) >= 11 is 1.73. The summed E-state index contributed by atoms with van der Waals surface area (Å²) in [6.45, 7) is 9.42. The maximum Gasteiger partial charge on any atom is 0.107 e. The highest BCUT2D eigenvalue weighted by Crippen LogP contribution is 2.16. The summed E-state index contributed by atoms with van der Waals surface area (Å²) in [4.78, 5) is 5.75. The largest absolute Gasteiger partial charge is 0.395 e. The smallest absolute Gasteiger partial charge is 0.107 e. The lowest BCUT2D eigenvalue weighted by atomic mass is 10.0. The van der Waals surface area contributed by atoms with Gasteiger partial charge in [0.05, 0.1) is 12.3 Å². The van der Waals surface area contributed by atoms with Gasteiger partial charge in [0.2, 0.25) is 0 Å². The van der Waals surface area contributed by atoms with Crippen LogP contribution >= 0.6 is 11.3 Å². The number of hydrogen-bond acceptors (Lipinski definition) is 4. The van der Waals surface area contributed by atoms with Crippen molar-refractivity contribution in [3.8, 4) is 0 Å². The normalized spacial score (nSPS) is 13.4. The topological polar surface area (TPSA) is 45.2 Å². The predicted molar refractivity (Wildman–Crippen MR) is 68.8 cm³/mol. The SMILES string of the molecule is Cc1nc(CNC(CO)CC(C)C)sc1C. The fourth-order valence-electron chi connectivity index (χ4n) is 1.64. The first-order valence-corrected chi connectivity index (χ1v) is 6.61. The minimum atomic E-state index is 0.185. The molecule has 0 amide bonds. The molecule has 0 aromatic carbocycles. The van der Waals surface area contributed by atoms with Gasteiger partial charge in [0.15, 0.2) is 0 Å². The van der Waals surface area contributed by atoms with E-state index in [0.29, 0.717) is 5.92 Å². The van der Waals surface area contributed by atoms with Crippen molar-refractivity contribution >= 4 is 11.3 Å². The van der Waals surface area contributed by atoms with Crippen molar-refractivity contribution in [2.45, 2.75) is 46.7 Å². The number of thiazole rings is 1. The number of aliphatic hydroxyl groups is 1. The number of aliphatic hydroxyl groups excluding tert-OH is 1. The van der Waals surface area contributed by atoms with Crippen LogP contribution in [0.4, 0.5) is 0 Å². The van der Waals surface area contributed by atoms with E-state index >= 15 is 0 Å². The van der Waals surface area contributed by atoms with Gasteiger partial charge >= 0.3 is 0 Å². The van der Waals surface area contributed by atoms with Crippen molar-refractivity contribution in [1.29, 1.82) is 0 Å². The number of hydrogen-bond donors (Lipinski definition) is 2. The molecule has 1 atom stereocenters. The van der Waals surface area contributed by atoms with E-state index in [4.69, 9.17) is 0 Å². The molecule has 0 saturated carbocycles. The Balaban J connectivity index is 2.43. The third-order valence-electron chi connectivity index (χ3n) is 2.59. The van der Waals surface area contributed by atoms with E-state index in [1.54, 1.807) is 11.3 Å². The highest BCUT2D eigenvalue weighted by Gasteiger charge is 2.10. The van der Waals surface area contributed by atoms with Crippen LogP contribution in [0.25, 0.3) is 0 Å². The molecule has 0 aliphatic rings. The van der Waals surface area contributed by atoms with Gasteiger partial charge in [-0.25, -0.2) is 4.98 Å².